The summed E-state index contributed by atoms with van der Waals surface area (Å²) in [6.45, 7) is 0. The zero-order valence-electron chi connectivity index (χ0n) is 7.70. The van der Waals surface area contributed by atoms with Crippen LogP contribution in [0.25, 0.3) is 17.0 Å². The molecule has 4 heteroatoms. The number of rotatable bonds is 2. The van der Waals surface area contributed by atoms with Crippen LogP contribution in [0.2, 0.25) is 0 Å². The molecule has 0 aliphatic carbocycles. The average Bonchev–Trinajstić information content (AvgIpc) is 2.62. The highest BCUT2D eigenvalue weighted by Crippen LogP contribution is 2.21. The number of nitrogens with one attached hydrogen (secondary N) is 1. The van der Waals surface area contributed by atoms with Gasteiger partial charge >= 0.3 is 5.97 Å². The number of para-hydroxylation sites is 1. The number of halogens is 1. The smallest absolute Gasteiger partial charge is 0.342 e. The number of aromatic amines is 1. The Hall–Kier alpha value is -1.55. The van der Waals surface area contributed by atoms with Crippen LogP contribution < -0.4 is 0 Å². The van der Waals surface area contributed by atoms with Crippen LogP contribution in [0, 0.1) is 0 Å². The molecule has 1 aromatic carbocycles. The second kappa shape index (κ2) is 3.90. The maximum absolute atomic E-state index is 10.6. The first kappa shape index (κ1) is 9.98. The largest absolute Gasteiger partial charge is 0.477 e. The van der Waals surface area contributed by atoms with Gasteiger partial charge in [0, 0.05) is 22.7 Å². The van der Waals surface area contributed by atoms with E-state index in [9.17, 15) is 4.79 Å². The average molecular weight is 266 g/mol. The summed E-state index contributed by atoms with van der Waals surface area (Å²) in [5.41, 5.74) is 1.86. The lowest BCUT2D eigenvalue weighted by atomic mass is 10.1. The van der Waals surface area contributed by atoms with E-state index in [2.05, 4.69) is 20.9 Å². The molecule has 2 aromatic rings. The molecule has 15 heavy (non-hydrogen) atoms. The molecule has 0 unspecified atom stereocenters. The molecular weight excluding hydrogens is 258 g/mol. The molecule has 0 bridgehead atoms. The van der Waals surface area contributed by atoms with Crippen molar-refractivity contribution in [2.75, 3.05) is 0 Å². The fourth-order valence-corrected chi connectivity index (χ4v) is 1.66. The number of aromatic nitrogens is 1. The highest BCUT2D eigenvalue weighted by atomic mass is 79.9. The third-order valence-electron chi connectivity index (χ3n) is 2.11. The lowest BCUT2D eigenvalue weighted by molar-refractivity contribution is -0.131. The van der Waals surface area contributed by atoms with Crippen LogP contribution in [-0.4, -0.2) is 16.1 Å². The van der Waals surface area contributed by atoms with Gasteiger partial charge in [0.2, 0.25) is 0 Å². The molecule has 0 aliphatic heterocycles. The van der Waals surface area contributed by atoms with Crippen molar-refractivity contribution in [1.29, 1.82) is 0 Å². The predicted octanol–water partition coefficient (Wildman–Crippen LogP) is 2.99. The molecule has 3 nitrogen and oxygen atoms in total. The van der Waals surface area contributed by atoms with Gasteiger partial charge in [0.15, 0.2) is 0 Å². The summed E-state index contributed by atoms with van der Waals surface area (Å²) < 4.78 is 0.146. The molecule has 2 N–H and O–H groups in total. The van der Waals surface area contributed by atoms with Crippen LogP contribution in [0.4, 0.5) is 0 Å². The van der Waals surface area contributed by atoms with Crippen molar-refractivity contribution < 1.29 is 9.90 Å². The summed E-state index contributed by atoms with van der Waals surface area (Å²) >= 11 is 3.00. The number of hydrogen-bond acceptors (Lipinski definition) is 1. The van der Waals surface area contributed by atoms with E-state index in [1.807, 2.05) is 24.3 Å². The van der Waals surface area contributed by atoms with Crippen molar-refractivity contribution in [1.82, 2.24) is 4.98 Å². The zero-order chi connectivity index (χ0) is 10.8. The van der Waals surface area contributed by atoms with Crippen LogP contribution >= 0.6 is 15.9 Å². The summed E-state index contributed by atoms with van der Waals surface area (Å²) in [6.07, 6.45) is 3.37. The van der Waals surface area contributed by atoms with E-state index in [0.29, 0.717) is 0 Å². The van der Waals surface area contributed by atoms with E-state index in [0.717, 1.165) is 16.5 Å². The lowest BCUT2D eigenvalue weighted by Crippen LogP contribution is -1.92. The molecule has 0 amide bonds. The quantitative estimate of drug-likeness (QED) is 0.821. The van der Waals surface area contributed by atoms with Gasteiger partial charge in [0.05, 0.1) is 0 Å². The zero-order valence-corrected chi connectivity index (χ0v) is 9.28. The first-order valence-electron chi connectivity index (χ1n) is 4.35. The van der Waals surface area contributed by atoms with Gasteiger partial charge in [-0.1, -0.05) is 18.2 Å². The van der Waals surface area contributed by atoms with Crippen molar-refractivity contribution in [3.8, 4) is 0 Å². The molecule has 1 heterocycles. The van der Waals surface area contributed by atoms with Crippen LogP contribution in [0.5, 0.6) is 0 Å². The molecule has 0 atom stereocenters. The van der Waals surface area contributed by atoms with Gasteiger partial charge in [-0.15, -0.1) is 0 Å². The number of H-pyrrole nitrogens is 1. The Bertz CT molecular complexity index is 542. The van der Waals surface area contributed by atoms with Gasteiger partial charge in [-0.05, 0) is 28.1 Å². The number of carboxylic acid groups (broad SMARTS) is 1. The summed E-state index contributed by atoms with van der Waals surface area (Å²) in [7, 11) is 0. The normalized spacial score (nSPS) is 11.9. The minimum atomic E-state index is -0.972. The fourth-order valence-electron chi connectivity index (χ4n) is 1.41. The third-order valence-corrected chi connectivity index (χ3v) is 2.68. The van der Waals surface area contributed by atoms with Crippen LogP contribution in [0.1, 0.15) is 5.56 Å². The number of carboxylic acids is 1. The minimum absolute atomic E-state index is 0.146. The van der Waals surface area contributed by atoms with E-state index in [1.165, 1.54) is 0 Å². The molecule has 0 radical (unpaired) electrons. The molecule has 0 spiro atoms. The van der Waals surface area contributed by atoms with Gasteiger partial charge < -0.3 is 10.1 Å². The summed E-state index contributed by atoms with van der Waals surface area (Å²) in [5.74, 6) is -0.972. The van der Waals surface area contributed by atoms with E-state index < -0.39 is 5.97 Å². The second-order valence-corrected chi connectivity index (χ2v) is 3.94. The fraction of sp³-hybridized carbons (Fsp3) is 0. The maximum atomic E-state index is 10.6. The van der Waals surface area contributed by atoms with E-state index >= 15 is 0 Å². The Balaban J connectivity index is 2.54. The summed E-state index contributed by atoms with van der Waals surface area (Å²) in [5, 5.41) is 9.74. The third kappa shape index (κ3) is 1.94. The van der Waals surface area contributed by atoms with Crippen molar-refractivity contribution >= 4 is 38.9 Å². The summed E-state index contributed by atoms with van der Waals surface area (Å²) in [6, 6.07) is 7.74. The minimum Gasteiger partial charge on any atom is -0.477 e. The monoisotopic (exact) mass is 265 g/mol. The topological polar surface area (TPSA) is 53.1 Å². The molecule has 0 fully saturated rings. The number of aliphatic carboxylic acids is 1. The Morgan fingerprint density at radius 3 is 2.87 bits per heavy atom. The van der Waals surface area contributed by atoms with E-state index in [1.54, 1.807) is 12.3 Å². The van der Waals surface area contributed by atoms with Crippen molar-refractivity contribution in [2.45, 2.75) is 0 Å². The van der Waals surface area contributed by atoms with Gasteiger partial charge in [0.25, 0.3) is 0 Å². The first-order valence-corrected chi connectivity index (χ1v) is 5.14. The Morgan fingerprint density at radius 1 is 1.40 bits per heavy atom. The molecule has 0 saturated heterocycles. The molecule has 1 aromatic heterocycles. The summed E-state index contributed by atoms with van der Waals surface area (Å²) in [4.78, 5) is 13.7. The number of fused-ring (bicyclic) bond motifs is 1. The molecule has 76 valence electrons. The Labute approximate surface area is 94.6 Å². The molecule has 0 saturated carbocycles. The highest BCUT2D eigenvalue weighted by molar-refractivity contribution is 9.12. The number of benzene rings is 1. The first-order chi connectivity index (χ1) is 7.18. The standard InChI is InChI=1S/C11H8BrNO2/c12-9(11(14)15)5-7-6-13-10-4-2-1-3-8(7)10/h1-6,13H,(H,14,15). The number of carbonyl (C=O) groups is 1. The predicted molar refractivity (Wildman–Crippen MR) is 62.8 cm³/mol. The molecule has 2 rings (SSSR count). The van der Waals surface area contributed by atoms with Gasteiger partial charge in [-0.25, -0.2) is 4.79 Å². The van der Waals surface area contributed by atoms with Crippen molar-refractivity contribution in [3.05, 3.63) is 40.5 Å². The Morgan fingerprint density at radius 2 is 2.13 bits per heavy atom. The van der Waals surface area contributed by atoms with Gasteiger partial charge in [-0.2, -0.15) is 0 Å². The number of hydrogen-bond donors (Lipinski definition) is 2. The maximum Gasteiger partial charge on any atom is 0.342 e. The van der Waals surface area contributed by atoms with Crippen molar-refractivity contribution in [2.24, 2.45) is 0 Å². The SMILES string of the molecule is O=C(O)C(Br)=Cc1c[nH]c2ccccc12. The highest BCUT2D eigenvalue weighted by Gasteiger charge is 2.05. The molecule has 0 aliphatic rings. The lowest BCUT2D eigenvalue weighted by Gasteiger charge is -1.92. The van der Waals surface area contributed by atoms with Gasteiger partial charge in [-0.3, -0.25) is 0 Å². The van der Waals surface area contributed by atoms with Crippen LogP contribution in [0.3, 0.4) is 0 Å². The van der Waals surface area contributed by atoms with E-state index in [-0.39, 0.29) is 4.48 Å². The van der Waals surface area contributed by atoms with E-state index in [4.69, 9.17) is 5.11 Å². The van der Waals surface area contributed by atoms with Crippen LogP contribution in [-0.2, 0) is 4.79 Å². The van der Waals surface area contributed by atoms with Gasteiger partial charge in [0.1, 0.15) is 4.48 Å². The van der Waals surface area contributed by atoms with Crippen molar-refractivity contribution in [3.63, 3.8) is 0 Å². The Kier molecular flexibility index (Phi) is 2.60. The molecular formula is C11H8BrNO2. The van der Waals surface area contributed by atoms with Crippen LogP contribution in [0.15, 0.2) is 34.9 Å². The second-order valence-electron chi connectivity index (χ2n) is 3.09.